The van der Waals surface area contributed by atoms with E-state index in [1.54, 1.807) is 0 Å². The van der Waals surface area contributed by atoms with E-state index in [-0.39, 0.29) is 21.9 Å². The maximum Gasteiger partial charge on any atom is 0.0391 e. The molecule has 1 aromatic carbocycles. The van der Waals surface area contributed by atoms with Crippen molar-refractivity contribution in [2.24, 2.45) is 0 Å². The van der Waals surface area contributed by atoms with E-state index in [0.29, 0.717) is 0 Å². The summed E-state index contributed by atoms with van der Waals surface area (Å²) in [6, 6.07) is 4.73. The molecule has 1 heteroatoms. The standard InChI is InChI=1S/C20H33N/c1-17(2,3)13-11-12-14(18(4,5)6)16-15(13)19(7,8)21-20(16,9)10/h11-12,21H,1-10H3. The average Bonchev–Trinajstić information content (AvgIpc) is 2.41. The number of hydrogen-bond donors (Lipinski definition) is 1. The Morgan fingerprint density at radius 3 is 1.19 bits per heavy atom. The number of hydrogen-bond acceptors (Lipinski definition) is 1. The predicted octanol–water partition coefficient (Wildman–Crippen LogP) is 5.36. The van der Waals surface area contributed by atoms with Gasteiger partial charge < -0.3 is 0 Å². The van der Waals surface area contributed by atoms with Gasteiger partial charge in [-0.2, -0.15) is 0 Å². The van der Waals surface area contributed by atoms with E-state index in [1.165, 1.54) is 22.3 Å². The van der Waals surface area contributed by atoms with Gasteiger partial charge in [-0.25, -0.2) is 0 Å². The summed E-state index contributed by atoms with van der Waals surface area (Å²) >= 11 is 0. The van der Waals surface area contributed by atoms with Gasteiger partial charge in [-0.15, -0.1) is 0 Å². The van der Waals surface area contributed by atoms with Crippen LogP contribution in [0.1, 0.15) is 91.5 Å². The summed E-state index contributed by atoms with van der Waals surface area (Å²) in [5, 5.41) is 3.86. The Morgan fingerprint density at radius 1 is 0.667 bits per heavy atom. The fraction of sp³-hybridized carbons (Fsp3) is 0.700. The molecule has 0 saturated heterocycles. The molecule has 0 radical (unpaired) electrons. The van der Waals surface area contributed by atoms with Crippen LogP contribution in [0.15, 0.2) is 12.1 Å². The van der Waals surface area contributed by atoms with Crippen LogP contribution in [0.25, 0.3) is 0 Å². The van der Waals surface area contributed by atoms with Gasteiger partial charge in [0.25, 0.3) is 0 Å². The molecular weight excluding hydrogens is 254 g/mol. The van der Waals surface area contributed by atoms with E-state index in [4.69, 9.17) is 0 Å². The summed E-state index contributed by atoms with van der Waals surface area (Å²) in [5.41, 5.74) is 6.37. The maximum absolute atomic E-state index is 3.86. The van der Waals surface area contributed by atoms with Crippen LogP contribution in [0.3, 0.4) is 0 Å². The number of rotatable bonds is 0. The first-order valence-corrected chi connectivity index (χ1v) is 8.16. The molecule has 1 aromatic rings. The van der Waals surface area contributed by atoms with E-state index in [2.05, 4.69) is 86.7 Å². The van der Waals surface area contributed by atoms with Crippen LogP contribution >= 0.6 is 0 Å². The summed E-state index contributed by atoms with van der Waals surface area (Å²) < 4.78 is 0. The third-order valence-electron chi connectivity index (χ3n) is 4.70. The lowest BCUT2D eigenvalue weighted by Crippen LogP contribution is -2.40. The highest BCUT2D eigenvalue weighted by Crippen LogP contribution is 2.49. The third-order valence-corrected chi connectivity index (χ3v) is 4.70. The Balaban J connectivity index is 2.91. The summed E-state index contributed by atoms with van der Waals surface area (Å²) in [6.45, 7) is 23.2. The van der Waals surface area contributed by atoms with Crippen molar-refractivity contribution in [2.75, 3.05) is 0 Å². The van der Waals surface area contributed by atoms with Gasteiger partial charge in [0.1, 0.15) is 0 Å². The SMILES string of the molecule is CC(C)(C)c1ccc(C(C)(C)C)c2c1C(C)(C)NC2(C)C. The number of nitrogens with one attached hydrogen (secondary N) is 1. The molecule has 1 aliphatic heterocycles. The van der Waals surface area contributed by atoms with E-state index in [0.717, 1.165) is 0 Å². The molecule has 2 rings (SSSR count). The van der Waals surface area contributed by atoms with Crippen molar-refractivity contribution in [3.8, 4) is 0 Å². The summed E-state index contributed by atoms with van der Waals surface area (Å²) in [7, 11) is 0. The zero-order valence-electron chi connectivity index (χ0n) is 15.7. The van der Waals surface area contributed by atoms with Crippen molar-refractivity contribution in [3.63, 3.8) is 0 Å². The van der Waals surface area contributed by atoms with Crippen LogP contribution in [0, 0.1) is 0 Å². The molecule has 0 aromatic heterocycles. The van der Waals surface area contributed by atoms with Gasteiger partial charge in [-0.1, -0.05) is 53.7 Å². The van der Waals surface area contributed by atoms with Gasteiger partial charge in [0, 0.05) is 11.1 Å². The summed E-state index contributed by atoms with van der Waals surface area (Å²) in [4.78, 5) is 0. The van der Waals surface area contributed by atoms with Gasteiger partial charge >= 0.3 is 0 Å². The van der Waals surface area contributed by atoms with Gasteiger partial charge in [0.2, 0.25) is 0 Å². The van der Waals surface area contributed by atoms with Crippen molar-refractivity contribution in [2.45, 2.75) is 91.1 Å². The largest absolute Gasteiger partial charge is 0.299 e. The fourth-order valence-corrected chi connectivity index (χ4v) is 4.06. The molecule has 1 nitrogen and oxygen atoms in total. The average molecular weight is 287 g/mol. The molecule has 1 N–H and O–H groups in total. The van der Waals surface area contributed by atoms with Crippen molar-refractivity contribution >= 4 is 0 Å². The highest BCUT2D eigenvalue weighted by molar-refractivity contribution is 5.55. The predicted molar refractivity (Wildman–Crippen MR) is 93.0 cm³/mol. The molecule has 0 aliphatic carbocycles. The molecule has 1 aliphatic rings. The van der Waals surface area contributed by atoms with Gasteiger partial charge in [-0.3, -0.25) is 5.32 Å². The zero-order valence-corrected chi connectivity index (χ0v) is 15.7. The van der Waals surface area contributed by atoms with Crippen molar-refractivity contribution in [1.82, 2.24) is 5.32 Å². The molecule has 118 valence electrons. The fourth-order valence-electron chi connectivity index (χ4n) is 4.06. The molecule has 0 saturated carbocycles. The smallest absolute Gasteiger partial charge is 0.0391 e. The normalized spacial score (nSPS) is 20.5. The monoisotopic (exact) mass is 287 g/mol. The minimum absolute atomic E-state index is 0.0166. The second-order valence-corrected chi connectivity index (χ2v) is 9.79. The van der Waals surface area contributed by atoms with Gasteiger partial charge in [0.15, 0.2) is 0 Å². The first kappa shape index (κ1) is 16.5. The Kier molecular flexibility index (Phi) is 3.43. The third kappa shape index (κ3) is 2.65. The molecule has 0 unspecified atom stereocenters. The number of fused-ring (bicyclic) bond motifs is 1. The van der Waals surface area contributed by atoms with Crippen molar-refractivity contribution < 1.29 is 0 Å². The Morgan fingerprint density at radius 2 is 0.952 bits per heavy atom. The highest BCUT2D eigenvalue weighted by Gasteiger charge is 2.46. The van der Waals surface area contributed by atoms with E-state index >= 15 is 0 Å². The Labute approximate surface area is 131 Å². The Hall–Kier alpha value is -0.820. The van der Waals surface area contributed by atoms with E-state index < -0.39 is 0 Å². The first-order chi connectivity index (χ1) is 9.18. The molecular formula is C20H33N. The molecule has 0 amide bonds. The second-order valence-electron chi connectivity index (χ2n) is 9.79. The van der Waals surface area contributed by atoms with Crippen LogP contribution in [-0.4, -0.2) is 0 Å². The zero-order chi connectivity index (χ0) is 16.4. The van der Waals surface area contributed by atoms with Crippen molar-refractivity contribution in [1.29, 1.82) is 0 Å². The molecule has 1 heterocycles. The van der Waals surface area contributed by atoms with Crippen molar-refractivity contribution in [3.05, 3.63) is 34.4 Å². The van der Waals surface area contributed by atoms with Crippen LogP contribution in [0.4, 0.5) is 0 Å². The van der Waals surface area contributed by atoms with Crippen LogP contribution < -0.4 is 5.32 Å². The molecule has 0 fully saturated rings. The van der Waals surface area contributed by atoms with E-state index in [1.807, 2.05) is 0 Å². The van der Waals surface area contributed by atoms with Crippen LogP contribution in [0.2, 0.25) is 0 Å². The van der Waals surface area contributed by atoms with Crippen LogP contribution in [0.5, 0.6) is 0 Å². The lowest BCUT2D eigenvalue weighted by atomic mass is 9.71. The summed E-state index contributed by atoms with van der Waals surface area (Å²) in [5.74, 6) is 0. The summed E-state index contributed by atoms with van der Waals surface area (Å²) in [6.07, 6.45) is 0. The van der Waals surface area contributed by atoms with Crippen LogP contribution in [-0.2, 0) is 21.9 Å². The minimum atomic E-state index is 0.0166. The Bertz CT molecular complexity index is 512. The quantitative estimate of drug-likeness (QED) is 0.677. The topological polar surface area (TPSA) is 12.0 Å². The molecule has 0 bridgehead atoms. The maximum atomic E-state index is 3.86. The van der Waals surface area contributed by atoms with Gasteiger partial charge in [-0.05, 0) is 60.8 Å². The molecule has 0 atom stereocenters. The number of benzene rings is 1. The lowest BCUT2D eigenvalue weighted by molar-refractivity contribution is 0.315. The highest BCUT2D eigenvalue weighted by atomic mass is 15.1. The molecule has 0 spiro atoms. The lowest BCUT2D eigenvalue weighted by Gasteiger charge is -2.32. The first-order valence-electron chi connectivity index (χ1n) is 8.16. The minimum Gasteiger partial charge on any atom is -0.299 e. The second kappa shape index (κ2) is 4.35. The molecule has 21 heavy (non-hydrogen) atoms. The van der Waals surface area contributed by atoms with E-state index in [9.17, 15) is 0 Å². The van der Waals surface area contributed by atoms with Gasteiger partial charge in [0.05, 0.1) is 0 Å².